The first-order valence-electron chi connectivity index (χ1n) is 6.32. The zero-order valence-electron chi connectivity index (χ0n) is 10.1. The number of carboxylic acid groups (broad SMARTS) is 1. The van der Waals surface area contributed by atoms with Crippen LogP contribution in [0.3, 0.4) is 0 Å². The van der Waals surface area contributed by atoms with Crippen molar-refractivity contribution in [1.29, 1.82) is 0 Å². The summed E-state index contributed by atoms with van der Waals surface area (Å²) in [4.78, 5) is 10.8. The highest BCUT2D eigenvalue weighted by atomic mass is 16.4. The minimum atomic E-state index is -0.798. The van der Waals surface area contributed by atoms with Crippen molar-refractivity contribution in [3.63, 3.8) is 0 Å². The normalized spacial score (nSPS) is 21.6. The topological polar surface area (TPSA) is 57.5 Å². The highest BCUT2D eigenvalue weighted by Gasteiger charge is 2.24. The van der Waals surface area contributed by atoms with Crippen LogP contribution in [0.25, 0.3) is 0 Å². The smallest absolute Gasteiger partial charge is 0.306 e. The Bertz CT molecular complexity index is 209. The highest BCUT2D eigenvalue weighted by molar-refractivity contribution is 5.69. The van der Waals surface area contributed by atoms with Gasteiger partial charge in [-0.2, -0.15) is 0 Å². The summed E-state index contributed by atoms with van der Waals surface area (Å²) in [5, 5.41) is 18.1. The molecule has 1 saturated carbocycles. The third-order valence-corrected chi connectivity index (χ3v) is 3.76. The fraction of sp³-hybridized carbons (Fsp3) is 0.846. The van der Waals surface area contributed by atoms with E-state index in [1.807, 2.05) is 0 Å². The second-order valence-corrected chi connectivity index (χ2v) is 4.92. The summed E-state index contributed by atoms with van der Waals surface area (Å²) in [7, 11) is 0. The molecule has 16 heavy (non-hydrogen) atoms. The van der Waals surface area contributed by atoms with Crippen molar-refractivity contribution >= 4 is 5.97 Å². The summed E-state index contributed by atoms with van der Waals surface area (Å²) in [5.74, 6) is 0.246. The van der Waals surface area contributed by atoms with Crippen LogP contribution < -0.4 is 0 Å². The van der Waals surface area contributed by atoms with Gasteiger partial charge in [-0.25, -0.2) is 0 Å². The van der Waals surface area contributed by atoms with Gasteiger partial charge in [0.2, 0.25) is 0 Å². The molecule has 1 aliphatic rings. The Morgan fingerprint density at radius 2 is 1.94 bits per heavy atom. The Hall–Kier alpha value is -0.570. The van der Waals surface area contributed by atoms with Crippen LogP contribution in [0.5, 0.6) is 0 Å². The quantitative estimate of drug-likeness (QED) is 0.733. The van der Waals surface area contributed by atoms with Gasteiger partial charge in [0.15, 0.2) is 0 Å². The number of hydrogen-bond donors (Lipinski definition) is 2. The average molecular weight is 227 g/mol. The number of aliphatic hydroxyl groups excluding tert-OH is 1. The largest absolute Gasteiger partial charge is 0.481 e. The van der Waals surface area contributed by atoms with E-state index in [0.717, 1.165) is 12.8 Å². The van der Waals surface area contributed by atoms with Crippen molar-refractivity contribution in [2.24, 2.45) is 11.8 Å². The Balaban J connectivity index is 2.29. The number of aliphatic hydroxyl groups is 1. The number of carboxylic acids is 1. The monoisotopic (exact) mass is 227 g/mol. The van der Waals surface area contributed by atoms with Crippen LogP contribution >= 0.6 is 0 Å². The Morgan fingerprint density at radius 1 is 1.31 bits per heavy atom. The molecule has 0 aromatic rings. The second kappa shape index (κ2) is 6.89. The molecule has 1 fully saturated rings. The molecule has 0 saturated heterocycles. The van der Waals surface area contributed by atoms with E-state index < -0.39 is 11.9 Å². The molecule has 1 aliphatic carbocycles. The standard InChI is InChI=1S/C13H23O3/c1-10(13(15)16)12(9-14)8-7-11-5-3-2-4-6-11/h10,12,14H,2-9H2,1H3,(H,15,16). The van der Waals surface area contributed by atoms with E-state index in [2.05, 4.69) is 0 Å². The second-order valence-electron chi connectivity index (χ2n) is 4.92. The van der Waals surface area contributed by atoms with Gasteiger partial charge in [-0.3, -0.25) is 4.79 Å². The third-order valence-electron chi connectivity index (χ3n) is 3.76. The third kappa shape index (κ3) is 4.12. The van der Waals surface area contributed by atoms with Gasteiger partial charge in [-0.15, -0.1) is 0 Å². The predicted octanol–water partition coefficient (Wildman–Crippen LogP) is 2.63. The van der Waals surface area contributed by atoms with Crippen LogP contribution in [-0.4, -0.2) is 22.8 Å². The Labute approximate surface area is 97.9 Å². The molecule has 0 bridgehead atoms. The minimum absolute atomic E-state index is 0.0131. The molecule has 0 amide bonds. The fourth-order valence-electron chi connectivity index (χ4n) is 2.39. The maximum atomic E-state index is 10.8. The van der Waals surface area contributed by atoms with Crippen molar-refractivity contribution in [3.8, 4) is 0 Å². The van der Waals surface area contributed by atoms with Gasteiger partial charge in [-0.1, -0.05) is 26.2 Å². The first-order valence-corrected chi connectivity index (χ1v) is 6.32. The van der Waals surface area contributed by atoms with Crippen molar-refractivity contribution in [1.82, 2.24) is 0 Å². The van der Waals surface area contributed by atoms with Gasteiger partial charge in [0.25, 0.3) is 0 Å². The number of carbonyl (C=O) groups is 1. The molecule has 3 heteroatoms. The molecule has 2 N–H and O–H groups in total. The molecule has 0 aromatic heterocycles. The van der Waals surface area contributed by atoms with Crippen LogP contribution in [0, 0.1) is 17.8 Å². The summed E-state index contributed by atoms with van der Waals surface area (Å²) in [5.41, 5.74) is 0. The molecule has 2 atom stereocenters. The number of rotatable bonds is 6. The lowest BCUT2D eigenvalue weighted by molar-refractivity contribution is -0.143. The predicted molar refractivity (Wildman–Crippen MR) is 62.9 cm³/mol. The maximum absolute atomic E-state index is 10.8. The van der Waals surface area contributed by atoms with E-state index in [9.17, 15) is 9.90 Å². The Kier molecular flexibility index (Phi) is 5.81. The molecule has 2 unspecified atom stereocenters. The summed E-state index contributed by atoms with van der Waals surface area (Å²) < 4.78 is 0. The molecule has 0 spiro atoms. The summed E-state index contributed by atoms with van der Waals surface area (Å²) in [6.07, 6.45) is 8.14. The van der Waals surface area contributed by atoms with E-state index in [0.29, 0.717) is 0 Å². The average Bonchev–Trinajstić information content (AvgIpc) is 2.30. The number of aliphatic carboxylic acids is 1. The van der Waals surface area contributed by atoms with Crippen molar-refractivity contribution < 1.29 is 15.0 Å². The van der Waals surface area contributed by atoms with Crippen molar-refractivity contribution in [3.05, 3.63) is 5.92 Å². The van der Waals surface area contributed by atoms with Crippen LogP contribution in [0.2, 0.25) is 0 Å². The molecule has 3 nitrogen and oxygen atoms in total. The van der Waals surface area contributed by atoms with E-state index in [1.165, 1.54) is 32.1 Å². The zero-order valence-corrected chi connectivity index (χ0v) is 10.1. The molecular formula is C13H23O3. The first-order chi connectivity index (χ1) is 7.65. The van der Waals surface area contributed by atoms with Crippen LogP contribution in [0.4, 0.5) is 0 Å². The Morgan fingerprint density at radius 3 is 2.44 bits per heavy atom. The number of hydrogen-bond acceptors (Lipinski definition) is 2. The lowest BCUT2D eigenvalue weighted by Crippen LogP contribution is -2.24. The van der Waals surface area contributed by atoms with E-state index in [-0.39, 0.29) is 12.5 Å². The molecule has 0 aromatic carbocycles. The molecule has 0 aliphatic heterocycles. The lowest BCUT2D eigenvalue weighted by atomic mass is 9.82. The van der Waals surface area contributed by atoms with Gasteiger partial charge < -0.3 is 10.2 Å². The maximum Gasteiger partial charge on any atom is 0.306 e. The van der Waals surface area contributed by atoms with E-state index >= 15 is 0 Å². The lowest BCUT2D eigenvalue weighted by Gasteiger charge is -2.24. The van der Waals surface area contributed by atoms with Gasteiger partial charge in [0, 0.05) is 6.61 Å². The molecular weight excluding hydrogens is 204 g/mol. The summed E-state index contributed by atoms with van der Waals surface area (Å²) in [6, 6.07) is 0. The fourth-order valence-corrected chi connectivity index (χ4v) is 2.39. The van der Waals surface area contributed by atoms with Crippen LogP contribution in [-0.2, 0) is 4.79 Å². The molecule has 1 radical (unpaired) electrons. The van der Waals surface area contributed by atoms with Gasteiger partial charge in [0.1, 0.15) is 0 Å². The van der Waals surface area contributed by atoms with E-state index in [4.69, 9.17) is 5.11 Å². The van der Waals surface area contributed by atoms with Crippen molar-refractivity contribution in [2.75, 3.05) is 6.61 Å². The molecule has 93 valence electrons. The zero-order chi connectivity index (χ0) is 12.0. The van der Waals surface area contributed by atoms with Gasteiger partial charge >= 0.3 is 5.97 Å². The summed E-state index contributed by atoms with van der Waals surface area (Å²) in [6.45, 7) is 1.68. The molecule has 1 rings (SSSR count). The van der Waals surface area contributed by atoms with Crippen LogP contribution in [0.1, 0.15) is 51.9 Å². The van der Waals surface area contributed by atoms with Crippen molar-refractivity contribution in [2.45, 2.75) is 51.9 Å². The van der Waals surface area contributed by atoms with Gasteiger partial charge in [0.05, 0.1) is 5.92 Å². The highest BCUT2D eigenvalue weighted by Crippen LogP contribution is 2.31. The summed E-state index contributed by atoms with van der Waals surface area (Å²) >= 11 is 0. The first kappa shape index (κ1) is 13.5. The van der Waals surface area contributed by atoms with E-state index in [1.54, 1.807) is 12.8 Å². The van der Waals surface area contributed by atoms with Gasteiger partial charge in [-0.05, 0) is 37.5 Å². The minimum Gasteiger partial charge on any atom is -0.481 e. The SMILES string of the molecule is CC(C(=O)O)C(CO)CC[C]1CCCCC1. The van der Waals surface area contributed by atoms with Crippen LogP contribution in [0.15, 0.2) is 0 Å². The molecule has 0 heterocycles.